The first-order valence-electron chi connectivity index (χ1n) is 9.71. The van der Waals surface area contributed by atoms with Crippen LogP contribution in [0.5, 0.6) is 0 Å². The molecule has 0 atom stereocenters. The van der Waals surface area contributed by atoms with Crippen LogP contribution in [0.2, 0.25) is 0 Å². The van der Waals surface area contributed by atoms with Crippen LogP contribution in [0.3, 0.4) is 0 Å². The Morgan fingerprint density at radius 2 is 1.62 bits per heavy atom. The number of hydrogen-bond donors (Lipinski definition) is 2. The van der Waals surface area contributed by atoms with Crippen LogP contribution < -0.4 is 10.6 Å². The van der Waals surface area contributed by atoms with Gasteiger partial charge in [0, 0.05) is 13.6 Å². The highest BCUT2D eigenvalue weighted by Crippen LogP contribution is 2.12. The van der Waals surface area contributed by atoms with Crippen molar-refractivity contribution in [1.82, 2.24) is 15.6 Å². The number of aromatic nitrogens is 1. The Morgan fingerprint density at radius 1 is 0.931 bits per heavy atom. The average molecular weight is 393 g/mol. The average Bonchev–Trinajstić information content (AvgIpc) is 3.07. The second-order valence-electron chi connectivity index (χ2n) is 6.78. The van der Waals surface area contributed by atoms with Crippen molar-refractivity contribution >= 4 is 5.96 Å². The molecule has 152 valence electrons. The summed E-state index contributed by atoms with van der Waals surface area (Å²) in [5.41, 5.74) is 4.41. The summed E-state index contributed by atoms with van der Waals surface area (Å²) in [4.78, 5) is 8.65. The lowest BCUT2D eigenvalue weighted by Gasteiger charge is -2.14. The van der Waals surface area contributed by atoms with E-state index in [-0.39, 0.29) is 0 Å². The van der Waals surface area contributed by atoms with Crippen LogP contribution in [0.15, 0.2) is 64.0 Å². The maximum atomic E-state index is 5.90. The number of benzene rings is 2. The van der Waals surface area contributed by atoms with Gasteiger partial charge in [0.1, 0.15) is 5.76 Å². The van der Waals surface area contributed by atoms with Crippen LogP contribution in [0.25, 0.3) is 0 Å². The molecular weight excluding hydrogens is 364 g/mol. The van der Waals surface area contributed by atoms with Crippen LogP contribution in [-0.4, -0.2) is 18.0 Å². The normalized spacial score (nSPS) is 11.5. The Hall–Kier alpha value is -3.12. The Balaban J connectivity index is 1.51. The van der Waals surface area contributed by atoms with Crippen LogP contribution in [-0.2, 0) is 31.0 Å². The Morgan fingerprint density at radius 3 is 2.31 bits per heavy atom. The van der Waals surface area contributed by atoms with E-state index in [0.717, 1.165) is 17.0 Å². The van der Waals surface area contributed by atoms with E-state index in [1.165, 1.54) is 11.1 Å². The summed E-state index contributed by atoms with van der Waals surface area (Å²) in [6.07, 6.45) is 0. The number of oxazole rings is 1. The molecule has 29 heavy (non-hydrogen) atoms. The van der Waals surface area contributed by atoms with Gasteiger partial charge in [0.05, 0.1) is 25.5 Å². The van der Waals surface area contributed by atoms with Gasteiger partial charge in [-0.15, -0.1) is 0 Å². The molecule has 1 heterocycles. The molecular formula is C23H28N4O2. The molecule has 3 rings (SSSR count). The first-order chi connectivity index (χ1) is 14.2. The fourth-order valence-electron chi connectivity index (χ4n) is 2.90. The Kier molecular flexibility index (Phi) is 7.41. The zero-order chi connectivity index (χ0) is 20.5. The molecule has 2 N–H and O–H groups in total. The maximum absolute atomic E-state index is 5.90. The van der Waals surface area contributed by atoms with Gasteiger partial charge in [0.2, 0.25) is 5.89 Å². The number of aryl methyl sites for hydroxylation is 2. The largest absolute Gasteiger partial charge is 0.444 e. The van der Waals surface area contributed by atoms with Crippen molar-refractivity contribution in [2.45, 2.75) is 40.2 Å². The molecule has 6 heteroatoms. The monoisotopic (exact) mass is 392 g/mol. The second kappa shape index (κ2) is 10.4. The van der Waals surface area contributed by atoms with Crippen molar-refractivity contribution in [3.63, 3.8) is 0 Å². The molecule has 0 saturated heterocycles. The third kappa shape index (κ3) is 6.19. The summed E-state index contributed by atoms with van der Waals surface area (Å²) < 4.78 is 11.5. The van der Waals surface area contributed by atoms with E-state index in [1.807, 2.05) is 44.2 Å². The van der Waals surface area contributed by atoms with Gasteiger partial charge in [-0.05, 0) is 30.5 Å². The minimum Gasteiger partial charge on any atom is -0.444 e. The number of ether oxygens (including phenoxy) is 1. The van der Waals surface area contributed by atoms with Crippen LogP contribution in [0.1, 0.15) is 34.0 Å². The van der Waals surface area contributed by atoms with E-state index in [0.29, 0.717) is 38.2 Å². The molecule has 1 aromatic heterocycles. The van der Waals surface area contributed by atoms with Gasteiger partial charge in [0.25, 0.3) is 0 Å². The quantitative estimate of drug-likeness (QED) is 0.450. The minimum absolute atomic E-state index is 0.482. The number of rotatable bonds is 8. The molecule has 2 aromatic carbocycles. The van der Waals surface area contributed by atoms with Gasteiger partial charge in [-0.25, -0.2) is 4.98 Å². The summed E-state index contributed by atoms with van der Waals surface area (Å²) in [6, 6.07) is 18.5. The molecule has 0 unspecified atom stereocenters. The summed E-state index contributed by atoms with van der Waals surface area (Å²) in [5.74, 6) is 2.19. The predicted molar refractivity (Wildman–Crippen MR) is 114 cm³/mol. The molecule has 0 amide bonds. The molecule has 3 aromatic rings. The van der Waals surface area contributed by atoms with Gasteiger partial charge in [0.15, 0.2) is 5.96 Å². The first-order valence-corrected chi connectivity index (χ1v) is 9.71. The number of nitrogens with zero attached hydrogens (tertiary/aromatic N) is 2. The lowest BCUT2D eigenvalue weighted by atomic mass is 10.1. The van der Waals surface area contributed by atoms with Gasteiger partial charge in [-0.1, -0.05) is 54.6 Å². The lowest BCUT2D eigenvalue weighted by Crippen LogP contribution is -2.36. The topological polar surface area (TPSA) is 71.7 Å². The van der Waals surface area contributed by atoms with E-state index in [9.17, 15) is 0 Å². The van der Waals surface area contributed by atoms with Gasteiger partial charge in [-0.2, -0.15) is 0 Å². The van der Waals surface area contributed by atoms with Crippen molar-refractivity contribution in [1.29, 1.82) is 0 Å². The van der Waals surface area contributed by atoms with Crippen molar-refractivity contribution in [2.24, 2.45) is 4.99 Å². The number of guanidine groups is 1. The van der Waals surface area contributed by atoms with E-state index in [4.69, 9.17) is 9.15 Å². The molecule has 0 fully saturated rings. The first kappa shape index (κ1) is 20.6. The Bertz CT molecular complexity index is 916. The zero-order valence-corrected chi connectivity index (χ0v) is 17.2. The predicted octanol–water partition coefficient (Wildman–Crippen LogP) is 3.87. The number of hydrogen-bond acceptors (Lipinski definition) is 4. The molecule has 0 aliphatic rings. The molecule has 0 aliphatic heterocycles. The smallest absolute Gasteiger partial charge is 0.214 e. The third-order valence-electron chi connectivity index (χ3n) is 4.64. The van der Waals surface area contributed by atoms with Gasteiger partial charge in [-0.3, -0.25) is 4.99 Å². The summed E-state index contributed by atoms with van der Waals surface area (Å²) in [7, 11) is 1.75. The van der Waals surface area contributed by atoms with Crippen LogP contribution >= 0.6 is 0 Å². The molecule has 6 nitrogen and oxygen atoms in total. The van der Waals surface area contributed by atoms with E-state index >= 15 is 0 Å². The third-order valence-corrected chi connectivity index (χ3v) is 4.64. The van der Waals surface area contributed by atoms with Gasteiger partial charge >= 0.3 is 0 Å². The summed E-state index contributed by atoms with van der Waals surface area (Å²) in [6.45, 7) is 6.14. The zero-order valence-electron chi connectivity index (χ0n) is 17.2. The highest BCUT2D eigenvalue weighted by Gasteiger charge is 2.07. The maximum Gasteiger partial charge on any atom is 0.214 e. The highest BCUT2D eigenvalue weighted by atomic mass is 16.5. The minimum atomic E-state index is 0.482. The fraction of sp³-hybridized carbons (Fsp3) is 0.304. The van der Waals surface area contributed by atoms with E-state index in [2.05, 4.69) is 44.9 Å². The lowest BCUT2D eigenvalue weighted by molar-refractivity contribution is 0.106. The van der Waals surface area contributed by atoms with Crippen molar-refractivity contribution in [2.75, 3.05) is 7.05 Å². The van der Waals surface area contributed by atoms with Crippen LogP contribution in [0.4, 0.5) is 0 Å². The van der Waals surface area contributed by atoms with Crippen LogP contribution in [0, 0.1) is 13.8 Å². The van der Waals surface area contributed by atoms with Crippen molar-refractivity contribution in [3.8, 4) is 0 Å². The van der Waals surface area contributed by atoms with Gasteiger partial charge < -0.3 is 19.8 Å². The molecule has 0 spiro atoms. The SMILES string of the molecule is CN=C(NCc1nc(C)c(C)o1)NCc1ccccc1COCc1ccccc1. The van der Waals surface area contributed by atoms with E-state index < -0.39 is 0 Å². The molecule has 0 radical (unpaired) electrons. The Labute approximate surface area is 172 Å². The molecule has 0 bridgehead atoms. The molecule has 0 aliphatic carbocycles. The standard InChI is InChI=1S/C23H28N4O2/c1-17-18(2)29-22(27-17)14-26-23(24-3)25-13-20-11-7-8-12-21(20)16-28-15-19-9-5-4-6-10-19/h4-12H,13-16H2,1-3H3,(H2,24,25,26). The number of aliphatic imine (C=N–C) groups is 1. The summed E-state index contributed by atoms with van der Waals surface area (Å²) in [5, 5.41) is 6.57. The highest BCUT2D eigenvalue weighted by molar-refractivity contribution is 5.79. The number of nitrogens with one attached hydrogen (secondary N) is 2. The van der Waals surface area contributed by atoms with E-state index in [1.54, 1.807) is 7.05 Å². The van der Waals surface area contributed by atoms with Crippen molar-refractivity contribution < 1.29 is 9.15 Å². The molecule has 0 saturated carbocycles. The summed E-state index contributed by atoms with van der Waals surface area (Å²) >= 11 is 0. The fourth-order valence-corrected chi connectivity index (χ4v) is 2.90. The second-order valence-corrected chi connectivity index (χ2v) is 6.78. The van der Waals surface area contributed by atoms with Crippen molar-refractivity contribution in [3.05, 3.63) is 88.6 Å².